The molecule has 0 saturated carbocycles. The highest BCUT2D eigenvalue weighted by molar-refractivity contribution is 5.43. The summed E-state index contributed by atoms with van der Waals surface area (Å²) in [5.41, 5.74) is -0.0194. The molecule has 0 aliphatic rings. The third kappa shape index (κ3) is 3.36. The van der Waals surface area contributed by atoms with Crippen LogP contribution in [0.15, 0.2) is 29.1 Å². The maximum absolute atomic E-state index is 12.1. The predicted octanol–water partition coefficient (Wildman–Crippen LogP) is 1.90. The van der Waals surface area contributed by atoms with Gasteiger partial charge in [-0.1, -0.05) is 0 Å². The van der Waals surface area contributed by atoms with E-state index >= 15 is 0 Å². The summed E-state index contributed by atoms with van der Waals surface area (Å²) in [6, 6.07) is 4.98. The summed E-state index contributed by atoms with van der Waals surface area (Å²) < 4.78 is 42.5. The van der Waals surface area contributed by atoms with E-state index in [1.807, 2.05) is 6.92 Å². The van der Waals surface area contributed by atoms with Crippen LogP contribution in [0, 0.1) is 0 Å². The van der Waals surface area contributed by atoms with Gasteiger partial charge in [0.15, 0.2) is 0 Å². The molecule has 1 heterocycles. The number of anilines is 1. The molecule has 1 aromatic heterocycles. The first-order valence-electron chi connectivity index (χ1n) is 6.08. The Bertz CT molecular complexity index is 673. The minimum Gasteiger partial charge on any atom is -0.406 e. The molecule has 0 unspecified atom stereocenters. The van der Waals surface area contributed by atoms with Crippen LogP contribution in [0.25, 0.3) is 5.69 Å². The fraction of sp³-hybridized carbons (Fsp3) is 0.333. The fourth-order valence-electron chi connectivity index (χ4n) is 1.77. The number of nitrogens with zero attached hydrogens (tertiary/aromatic N) is 3. The largest absolute Gasteiger partial charge is 0.573 e. The van der Waals surface area contributed by atoms with Gasteiger partial charge in [-0.25, -0.2) is 14.0 Å². The molecule has 6 nitrogen and oxygen atoms in total. The number of aryl methyl sites for hydroxylation is 1. The lowest BCUT2D eigenvalue weighted by Gasteiger charge is -2.10. The summed E-state index contributed by atoms with van der Waals surface area (Å²) >= 11 is 0. The molecule has 0 radical (unpaired) electrons. The van der Waals surface area contributed by atoms with Crippen molar-refractivity contribution in [3.8, 4) is 11.4 Å². The molecular formula is C12H13F3N4O2. The molecular weight excluding hydrogens is 289 g/mol. The van der Waals surface area contributed by atoms with Gasteiger partial charge in [-0.15, -0.1) is 18.3 Å². The van der Waals surface area contributed by atoms with E-state index < -0.39 is 12.1 Å². The molecule has 2 rings (SSSR count). The van der Waals surface area contributed by atoms with Gasteiger partial charge in [-0.3, -0.25) is 0 Å². The predicted molar refractivity (Wildman–Crippen MR) is 69.7 cm³/mol. The maximum atomic E-state index is 12.1. The summed E-state index contributed by atoms with van der Waals surface area (Å²) in [5.74, 6) is -0.0392. The van der Waals surface area contributed by atoms with Gasteiger partial charge in [0.2, 0.25) is 5.95 Å². The number of alkyl halides is 3. The summed E-state index contributed by atoms with van der Waals surface area (Å²) in [7, 11) is 1.49. The Kier molecular flexibility index (Phi) is 3.92. The second kappa shape index (κ2) is 5.51. The maximum Gasteiger partial charge on any atom is 0.573 e. The zero-order valence-corrected chi connectivity index (χ0v) is 11.3. The lowest BCUT2D eigenvalue weighted by atomic mass is 10.3. The molecule has 0 amide bonds. The van der Waals surface area contributed by atoms with Gasteiger partial charge in [-0.05, 0) is 31.2 Å². The molecule has 0 saturated heterocycles. The van der Waals surface area contributed by atoms with E-state index in [1.165, 1.54) is 23.7 Å². The number of rotatable bonds is 4. The number of benzene rings is 1. The Morgan fingerprint density at radius 1 is 1.29 bits per heavy atom. The molecule has 1 N–H and O–H groups in total. The number of nitrogens with one attached hydrogen (secondary N) is 1. The zero-order chi connectivity index (χ0) is 15.6. The quantitative estimate of drug-likeness (QED) is 0.937. The van der Waals surface area contributed by atoms with Crippen molar-refractivity contribution < 1.29 is 17.9 Å². The van der Waals surface area contributed by atoms with Crippen molar-refractivity contribution in [2.45, 2.75) is 13.3 Å². The number of halogens is 3. The third-order valence-electron chi connectivity index (χ3n) is 2.59. The summed E-state index contributed by atoms with van der Waals surface area (Å²) in [6.07, 6.45) is -4.75. The fourth-order valence-corrected chi connectivity index (χ4v) is 1.77. The first-order valence-corrected chi connectivity index (χ1v) is 6.08. The highest BCUT2D eigenvalue weighted by Gasteiger charge is 2.31. The van der Waals surface area contributed by atoms with Gasteiger partial charge < -0.3 is 10.1 Å². The van der Waals surface area contributed by atoms with E-state index in [4.69, 9.17) is 0 Å². The highest BCUT2D eigenvalue weighted by atomic mass is 19.4. The number of hydrogen-bond acceptors (Lipinski definition) is 4. The molecule has 1 aromatic carbocycles. The van der Waals surface area contributed by atoms with Gasteiger partial charge in [0.1, 0.15) is 5.75 Å². The van der Waals surface area contributed by atoms with E-state index in [1.54, 1.807) is 0 Å². The van der Waals surface area contributed by atoms with Crippen LogP contribution < -0.4 is 15.7 Å². The van der Waals surface area contributed by atoms with Crippen molar-refractivity contribution in [2.75, 3.05) is 11.9 Å². The Morgan fingerprint density at radius 2 is 1.90 bits per heavy atom. The standard InChI is InChI=1S/C12H13F3N4O2/c1-3-16-10-17-18(2)11(20)19(10)8-4-6-9(7-5-8)21-12(13,14)15/h4-7H,3H2,1-2H3,(H,16,17). The van der Waals surface area contributed by atoms with Crippen LogP contribution in [0.5, 0.6) is 5.75 Å². The van der Waals surface area contributed by atoms with E-state index in [-0.39, 0.29) is 5.75 Å². The van der Waals surface area contributed by atoms with Crippen LogP contribution >= 0.6 is 0 Å². The molecule has 0 bridgehead atoms. The van der Waals surface area contributed by atoms with Gasteiger partial charge in [-0.2, -0.15) is 0 Å². The lowest BCUT2D eigenvalue weighted by Crippen LogP contribution is -2.22. The second-order valence-corrected chi connectivity index (χ2v) is 4.14. The van der Waals surface area contributed by atoms with E-state index in [9.17, 15) is 18.0 Å². The molecule has 0 aliphatic heterocycles. The van der Waals surface area contributed by atoms with Crippen molar-refractivity contribution in [1.82, 2.24) is 14.3 Å². The summed E-state index contributed by atoms with van der Waals surface area (Å²) in [4.78, 5) is 12.0. The van der Waals surface area contributed by atoms with Gasteiger partial charge in [0, 0.05) is 13.6 Å². The van der Waals surface area contributed by atoms with Crippen LogP contribution in [-0.4, -0.2) is 27.3 Å². The average Bonchev–Trinajstić information content (AvgIpc) is 2.65. The first-order chi connectivity index (χ1) is 9.81. The van der Waals surface area contributed by atoms with Gasteiger partial charge in [0.05, 0.1) is 5.69 Å². The molecule has 9 heteroatoms. The average molecular weight is 302 g/mol. The summed E-state index contributed by atoms with van der Waals surface area (Å²) in [5, 5.41) is 6.91. The van der Waals surface area contributed by atoms with Crippen LogP contribution in [-0.2, 0) is 7.05 Å². The Balaban J connectivity index is 2.37. The normalized spacial score (nSPS) is 11.5. The second-order valence-electron chi connectivity index (χ2n) is 4.14. The lowest BCUT2D eigenvalue weighted by molar-refractivity contribution is -0.274. The molecule has 0 spiro atoms. The molecule has 0 aliphatic carbocycles. The van der Waals surface area contributed by atoms with Gasteiger partial charge in [0.25, 0.3) is 0 Å². The van der Waals surface area contributed by atoms with Gasteiger partial charge >= 0.3 is 12.1 Å². The molecule has 2 aromatic rings. The summed E-state index contributed by atoms with van der Waals surface area (Å²) in [6.45, 7) is 2.38. The number of aromatic nitrogens is 3. The van der Waals surface area contributed by atoms with E-state index in [2.05, 4.69) is 15.2 Å². The van der Waals surface area contributed by atoms with E-state index in [0.717, 1.165) is 16.8 Å². The van der Waals surface area contributed by atoms with E-state index in [0.29, 0.717) is 18.2 Å². The minimum atomic E-state index is -4.75. The Hall–Kier alpha value is -2.45. The zero-order valence-electron chi connectivity index (χ0n) is 11.3. The van der Waals surface area contributed by atoms with Crippen molar-refractivity contribution >= 4 is 5.95 Å². The van der Waals surface area contributed by atoms with Crippen LogP contribution in [0.3, 0.4) is 0 Å². The van der Waals surface area contributed by atoms with Crippen LogP contribution in [0.1, 0.15) is 6.92 Å². The molecule has 0 fully saturated rings. The molecule has 21 heavy (non-hydrogen) atoms. The van der Waals surface area contributed by atoms with Crippen molar-refractivity contribution in [1.29, 1.82) is 0 Å². The highest BCUT2D eigenvalue weighted by Crippen LogP contribution is 2.23. The molecule has 114 valence electrons. The van der Waals surface area contributed by atoms with Crippen molar-refractivity contribution in [2.24, 2.45) is 7.05 Å². The van der Waals surface area contributed by atoms with Crippen molar-refractivity contribution in [3.05, 3.63) is 34.7 Å². The Morgan fingerprint density at radius 3 is 2.43 bits per heavy atom. The third-order valence-corrected chi connectivity index (χ3v) is 2.59. The SMILES string of the molecule is CCNc1nn(C)c(=O)n1-c1ccc(OC(F)(F)F)cc1. The van der Waals surface area contributed by atoms with Crippen molar-refractivity contribution in [3.63, 3.8) is 0 Å². The smallest absolute Gasteiger partial charge is 0.406 e. The van der Waals surface area contributed by atoms with Crippen LogP contribution in [0.4, 0.5) is 19.1 Å². The molecule has 0 atom stereocenters. The minimum absolute atomic E-state index is 0.314. The number of ether oxygens (including phenoxy) is 1. The number of hydrogen-bond donors (Lipinski definition) is 1. The first kappa shape index (κ1) is 14.9. The van der Waals surface area contributed by atoms with Crippen LogP contribution in [0.2, 0.25) is 0 Å². The topological polar surface area (TPSA) is 61.1 Å². The Labute approximate surface area is 117 Å². The monoisotopic (exact) mass is 302 g/mol.